The van der Waals surface area contributed by atoms with Crippen LogP contribution in [0.25, 0.3) is 0 Å². The molecule has 0 radical (unpaired) electrons. The predicted molar refractivity (Wildman–Crippen MR) is 68.4 cm³/mol. The van der Waals surface area contributed by atoms with Crippen molar-refractivity contribution in [2.45, 2.75) is 4.90 Å². The zero-order valence-corrected chi connectivity index (χ0v) is 11.1. The number of halogens is 1. The fourth-order valence-electron chi connectivity index (χ4n) is 1.30. The van der Waals surface area contributed by atoms with Gasteiger partial charge in [-0.05, 0) is 40.2 Å². The molecule has 0 saturated heterocycles. The summed E-state index contributed by atoms with van der Waals surface area (Å²) in [6.07, 6.45) is 0. The van der Waals surface area contributed by atoms with Gasteiger partial charge in [-0.1, -0.05) is 30.3 Å². The molecule has 0 unspecified atom stereocenters. The summed E-state index contributed by atoms with van der Waals surface area (Å²) in [5.74, 6) is 0.295. The van der Waals surface area contributed by atoms with Gasteiger partial charge in [0.1, 0.15) is 10.6 Å². The molecule has 0 aliphatic carbocycles. The molecule has 0 amide bonds. The molecule has 2 aromatic rings. The first-order valence-electron chi connectivity index (χ1n) is 4.84. The highest BCUT2D eigenvalue weighted by Gasteiger charge is 2.19. The first-order valence-corrected chi connectivity index (χ1v) is 7.04. The van der Waals surface area contributed by atoms with Crippen LogP contribution in [-0.2, 0) is 10.1 Å². The standard InChI is InChI=1S/C12H9BrO3S/c13-11-8-4-5-9-12(11)17(14,15)16-10-6-2-1-3-7-10/h1-9H. The topological polar surface area (TPSA) is 43.4 Å². The Morgan fingerprint density at radius 2 is 1.47 bits per heavy atom. The molecule has 2 rings (SSSR count). The molecule has 0 atom stereocenters. The minimum atomic E-state index is -3.79. The molecular weight excluding hydrogens is 304 g/mol. The second-order valence-electron chi connectivity index (χ2n) is 3.28. The molecule has 2 aromatic carbocycles. The Morgan fingerprint density at radius 1 is 0.882 bits per heavy atom. The normalized spacial score (nSPS) is 11.1. The van der Waals surface area contributed by atoms with Gasteiger partial charge in [-0.25, -0.2) is 0 Å². The molecule has 0 bridgehead atoms. The summed E-state index contributed by atoms with van der Waals surface area (Å²) in [6.45, 7) is 0. The molecule has 0 fully saturated rings. The lowest BCUT2D eigenvalue weighted by Crippen LogP contribution is -2.10. The van der Waals surface area contributed by atoms with Gasteiger partial charge in [-0.3, -0.25) is 0 Å². The molecule has 17 heavy (non-hydrogen) atoms. The van der Waals surface area contributed by atoms with Gasteiger partial charge in [0.15, 0.2) is 0 Å². The van der Waals surface area contributed by atoms with E-state index in [-0.39, 0.29) is 4.90 Å². The predicted octanol–water partition coefficient (Wildman–Crippen LogP) is 3.22. The molecule has 0 saturated carbocycles. The first-order chi connectivity index (χ1) is 8.09. The Balaban J connectivity index is 2.36. The van der Waals surface area contributed by atoms with E-state index in [1.807, 2.05) is 0 Å². The zero-order valence-electron chi connectivity index (χ0n) is 8.71. The van der Waals surface area contributed by atoms with Crippen LogP contribution in [0.15, 0.2) is 64.0 Å². The highest BCUT2D eigenvalue weighted by atomic mass is 79.9. The molecule has 0 aliphatic heterocycles. The van der Waals surface area contributed by atoms with Crippen molar-refractivity contribution in [2.75, 3.05) is 0 Å². The summed E-state index contributed by atoms with van der Waals surface area (Å²) < 4.78 is 29.4. The van der Waals surface area contributed by atoms with Gasteiger partial charge in [-0.2, -0.15) is 8.42 Å². The third kappa shape index (κ3) is 2.87. The number of hydrogen-bond acceptors (Lipinski definition) is 3. The van der Waals surface area contributed by atoms with Crippen LogP contribution in [0, 0.1) is 0 Å². The van der Waals surface area contributed by atoms with Crippen LogP contribution < -0.4 is 4.18 Å². The number of para-hydroxylation sites is 1. The van der Waals surface area contributed by atoms with E-state index < -0.39 is 10.1 Å². The molecule has 0 spiro atoms. The number of rotatable bonds is 3. The molecular formula is C12H9BrO3S. The SMILES string of the molecule is O=S(=O)(Oc1ccccc1)c1ccccc1Br. The van der Waals surface area contributed by atoms with Crippen molar-refractivity contribution in [3.63, 3.8) is 0 Å². The largest absolute Gasteiger partial charge is 0.379 e. The summed E-state index contributed by atoms with van der Waals surface area (Å²) >= 11 is 3.19. The quantitative estimate of drug-likeness (QED) is 0.817. The maximum atomic E-state index is 12.0. The molecule has 5 heteroatoms. The summed E-state index contributed by atoms with van der Waals surface area (Å²) in [5, 5.41) is 0. The third-order valence-corrected chi connectivity index (χ3v) is 4.32. The second kappa shape index (κ2) is 4.89. The maximum Gasteiger partial charge on any atom is 0.340 e. The van der Waals surface area contributed by atoms with E-state index in [4.69, 9.17) is 4.18 Å². The van der Waals surface area contributed by atoms with Crippen molar-refractivity contribution in [1.29, 1.82) is 0 Å². The van der Waals surface area contributed by atoms with Crippen molar-refractivity contribution in [3.05, 3.63) is 59.1 Å². The van der Waals surface area contributed by atoms with Gasteiger partial charge in [-0.15, -0.1) is 0 Å². The summed E-state index contributed by atoms with van der Waals surface area (Å²) in [7, 11) is -3.79. The average Bonchev–Trinajstić information content (AvgIpc) is 2.30. The van der Waals surface area contributed by atoms with E-state index in [1.165, 1.54) is 6.07 Å². The van der Waals surface area contributed by atoms with Crippen LogP contribution in [0.5, 0.6) is 5.75 Å². The zero-order chi connectivity index (χ0) is 12.3. The Bertz CT molecular complexity index is 609. The summed E-state index contributed by atoms with van der Waals surface area (Å²) in [5.41, 5.74) is 0. The summed E-state index contributed by atoms with van der Waals surface area (Å²) in [6, 6.07) is 14.9. The lowest BCUT2D eigenvalue weighted by atomic mass is 10.3. The van der Waals surface area contributed by atoms with Crippen molar-refractivity contribution < 1.29 is 12.6 Å². The molecule has 0 aliphatic rings. The van der Waals surface area contributed by atoms with Gasteiger partial charge >= 0.3 is 10.1 Å². The Labute approximate surface area is 108 Å². The smallest absolute Gasteiger partial charge is 0.340 e. The van der Waals surface area contributed by atoms with Crippen molar-refractivity contribution in [3.8, 4) is 5.75 Å². The minimum absolute atomic E-state index is 0.115. The van der Waals surface area contributed by atoms with Crippen LogP contribution in [0.4, 0.5) is 0 Å². The van der Waals surface area contributed by atoms with Gasteiger partial charge in [0.25, 0.3) is 0 Å². The maximum absolute atomic E-state index is 12.0. The Morgan fingerprint density at radius 3 is 2.12 bits per heavy atom. The highest BCUT2D eigenvalue weighted by molar-refractivity contribution is 9.10. The van der Waals surface area contributed by atoms with Crippen LogP contribution >= 0.6 is 15.9 Å². The molecule has 0 aromatic heterocycles. The molecule has 0 heterocycles. The van der Waals surface area contributed by atoms with Crippen LogP contribution in [0.1, 0.15) is 0 Å². The van der Waals surface area contributed by atoms with E-state index >= 15 is 0 Å². The lowest BCUT2D eigenvalue weighted by molar-refractivity contribution is 0.485. The Hall–Kier alpha value is -1.33. The van der Waals surface area contributed by atoms with Crippen LogP contribution in [0.3, 0.4) is 0 Å². The van der Waals surface area contributed by atoms with Gasteiger partial charge in [0.05, 0.1) is 0 Å². The van der Waals surface area contributed by atoms with Crippen molar-refractivity contribution in [1.82, 2.24) is 0 Å². The summed E-state index contributed by atoms with van der Waals surface area (Å²) in [4.78, 5) is 0.115. The number of benzene rings is 2. The highest BCUT2D eigenvalue weighted by Crippen LogP contribution is 2.24. The Kier molecular flexibility index (Phi) is 3.49. The average molecular weight is 313 g/mol. The van der Waals surface area contributed by atoms with E-state index in [0.717, 1.165) is 0 Å². The first kappa shape index (κ1) is 12.1. The monoisotopic (exact) mass is 312 g/mol. The van der Waals surface area contributed by atoms with E-state index in [2.05, 4.69) is 15.9 Å². The lowest BCUT2D eigenvalue weighted by Gasteiger charge is -2.07. The van der Waals surface area contributed by atoms with Gasteiger partial charge < -0.3 is 4.18 Å². The molecule has 88 valence electrons. The van der Waals surface area contributed by atoms with Gasteiger partial charge in [0, 0.05) is 4.47 Å². The third-order valence-electron chi connectivity index (χ3n) is 2.06. The van der Waals surface area contributed by atoms with Crippen LogP contribution in [0.2, 0.25) is 0 Å². The van der Waals surface area contributed by atoms with E-state index in [0.29, 0.717) is 10.2 Å². The van der Waals surface area contributed by atoms with Crippen molar-refractivity contribution >= 4 is 26.0 Å². The van der Waals surface area contributed by atoms with Gasteiger partial charge in [0.2, 0.25) is 0 Å². The number of hydrogen-bond donors (Lipinski definition) is 0. The molecule has 0 N–H and O–H groups in total. The minimum Gasteiger partial charge on any atom is -0.379 e. The fraction of sp³-hybridized carbons (Fsp3) is 0. The second-order valence-corrected chi connectivity index (χ2v) is 5.65. The van der Waals surface area contributed by atoms with Crippen molar-refractivity contribution in [2.24, 2.45) is 0 Å². The molecule has 3 nitrogen and oxygen atoms in total. The fourth-order valence-corrected chi connectivity index (χ4v) is 3.18. The van der Waals surface area contributed by atoms with E-state index in [1.54, 1.807) is 48.5 Å². The van der Waals surface area contributed by atoms with Crippen LogP contribution in [-0.4, -0.2) is 8.42 Å². The van der Waals surface area contributed by atoms with E-state index in [9.17, 15) is 8.42 Å².